The molecule has 0 saturated carbocycles. The van der Waals surface area contributed by atoms with Gasteiger partial charge in [-0.25, -0.2) is 0 Å². The van der Waals surface area contributed by atoms with Crippen LogP contribution >= 0.6 is 7.82 Å². The van der Waals surface area contributed by atoms with Gasteiger partial charge in [-0.05, 0) is 0 Å². The van der Waals surface area contributed by atoms with E-state index in [1.54, 1.807) is 0 Å². The molecule has 86 valence electrons. The summed E-state index contributed by atoms with van der Waals surface area (Å²) in [4.78, 5) is 42.5. The molecule has 0 spiro atoms. The predicted octanol–water partition coefficient (Wildman–Crippen LogP) is -9.06. The molecule has 0 fully saturated rings. The Hall–Kier alpha value is 1.01. The Morgan fingerprint density at radius 2 is 1.31 bits per heavy atom. The monoisotopic (exact) mass is 277 g/mol. The molecule has 0 atom stereocenters. The Labute approximate surface area is 136 Å². The summed E-state index contributed by atoms with van der Waals surface area (Å²) in [6.45, 7) is 0.806. The Bertz CT molecular complexity index is 206. The fraction of sp³-hybridized carbons (Fsp3) is 0.500. The summed E-state index contributed by atoms with van der Waals surface area (Å²) in [5.74, 6) is -1.80. The molecule has 9 nitrogen and oxygen atoms in total. The first-order valence-electron chi connectivity index (χ1n) is 2.86. The zero-order valence-corrected chi connectivity index (χ0v) is 14.0. The molecule has 16 heavy (non-hydrogen) atoms. The van der Waals surface area contributed by atoms with E-state index in [4.69, 9.17) is 34.3 Å². The SMILES string of the molecule is CC(=O)O.NCC(=O)O.O=P([O-])([O-])O.[Na+].[Na+]. The first kappa shape index (κ1) is 30.2. The largest absolute Gasteiger partial charge is 1.00 e. The van der Waals surface area contributed by atoms with Gasteiger partial charge < -0.3 is 35.2 Å². The van der Waals surface area contributed by atoms with Gasteiger partial charge in [0.25, 0.3) is 5.97 Å². The van der Waals surface area contributed by atoms with Crippen LogP contribution in [0.25, 0.3) is 0 Å². The van der Waals surface area contributed by atoms with Crippen molar-refractivity contribution in [2.24, 2.45) is 5.73 Å². The summed E-state index contributed by atoms with van der Waals surface area (Å²) in [5.41, 5.74) is 4.57. The van der Waals surface area contributed by atoms with Gasteiger partial charge in [0.05, 0.1) is 14.4 Å². The van der Waals surface area contributed by atoms with Gasteiger partial charge in [-0.15, -0.1) is 0 Å². The van der Waals surface area contributed by atoms with Gasteiger partial charge in [0.15, 0.2) is 0 Å². The summed E-state index contributed by atoms with van der Waals surface area (Å²) in [5, 5.41) is 15.0. The molecule has 0 aliphatic heterocycles. The third kappa shape index (κ3) is 325. The number of hydrogen-bond acceptors (Lipinski definition) is 6. The van der Waals surface area contributed by atoms with E-state index in [-0.39, 0.29) is 65.7 Å². The molecule has 0 aliphatic carbocycles. The number of nitrogens with two attached hydrogens (primary N) is 1. The van der Waals surface area contributed by atoms with Crippen molar-refractivity contribution in [3.05, 3.63) is 0 Å². The molecule has 0 aromatic rings. The molecule has 0 amide bonds. The molecule has 0 radical (unpaired) electrons. The molecular weight excluding hydrogens is 267 g/mol. The minimum absolute atomic E-state index is 0. The van der Waals surface area contributed by atoms with Crippen molar-refractivity contribution in [1.82, 2.24) is 0 Å². The molecule has 0 bridgehead atoms. The number of carboxylic acids is 2. The van der Waals surface area contributed by atoms with Crippen LogP contribution in [-0.2, 0) is 14.2 Å². The van der Waals surface area contributed by atoms with E-state index in [0.29, 0.717) is 0 Å². The third-order valence-electron chi connectivity index (χ3n) is 0.175. The maximum atomic E-state index is 9.24. The summed E-state index contributed by atoms with van der Waals surface area (Å²) >= 11 is 0. The molecule has 0 aliphatic rings. The Balaban J connectivity index is -0.0000000358. The molecule has 12 heteroatoms. The Kier molecular flexibility index (Phi) is 34.7. The van der Waals surface area contributed by atoms with Gasteiger partial charge in [-0.2, -0.15) is 0 Å². The zero-order chi connectivity index (χ0) is 12.4. The maximum absolute atomic E-state index is 9.24. The number of carbonyl (C=O) groups is 2. The molecule has 0 aromatic heterocycles. The van der Waals surface area contributed by atoms with Gasteiger partial charge >= 0.3 is 65.1 Å². The van der Waals surface area contributed by atoms with E-state index in [1.165, 1.54) is 0 Å². The zero-order valence-electron chi connectivity index (χ0n) is 9.11. The number of hydrogen-bond donors (Lipinski definition) is 4. The summed E-state index contributed by atoms with van der Waals surface area (Å²) in [7, 11) is -5.14. The molecule has 5 N–H and O–H groups in total. The standard InChI is InChI=1S/C2H5NO2.C2H4O2.2Na.H3O4P/c3-1-2(4)5;1-2(3)4;;;1-5(2,3)4/h1,3H2,(H,4,5);1H3,(H,3,4);;;(H3,1,2,3,4)/q;;2*+1;/p-2. The number of rotatable bonds is 1. The van der Waals surface area contributed by atoms with E-state index in [9.17, 15) is 4.79 Å². The average molecular weight is 277 g/mol. The van der Waals surface area contributed by atoms with E-state index < -0.39 is 19.8 Å². The second-order valence-corrected chi connectivity index (χ2v) is 2.52. The van der Waals surface area contributed by atoms with Crippen LogP contribution < -0.4 is 74.6 Å². The van der Waals surface area contributed by atoms with E-state index in [1.807, 2.05) is 0 Å². The summed E-state index contributed by atoms with van der Waals surface area (Å²) < 4.78 is 8.66. The van der Waals surface area contributed by atoms with Crippen LogP contribution in [0.1, 0.15) is 6.92 Å². The minimum Gasteiger partial charge on any atom is -0.790 e. The molecule has 0 rings (SSSR count). The van der Waals surface area contributed by atoms with Crippen LogP contribution in [0.5, 0.6) is 0 Å². The first-order chi connectivity index (χ1) is 6.00. The van der Waals surface area contributed by atoms with Crippen LogP contribution in [-0.4, -0.2) is 33.6 Å². The van der Waals surface area contributed by atoms with Crippen molar-refractivity contribution in [2.75, 3.05) is 6.54 Å². The van der Waals surface area contributed by atoms with Crippen LogP contribution in [0, 0.1) is 0 Å². The van der Waals surface area contributed by atoms with Crippen molar-refractivity contribution >= 4 is 19.8 Å². The fourth-order valence-electron chi connectivity index (χ4n) is 0. The molecular formula is C4H10NNa2O8P. The van der Waals surface area contributed by atoms with Gasteiger partial charge in [0.2, 0.25) is 0 Å². The van der Waals surface area contributed by atoms with Gasteiger partial charge in [-0.3, -0.25) is 9.59 Å². The minimum atomic E-state index is -5.14. The normalized spacial score (nSPS) is 7.56. The molecule has 0 aromatic carbocycles. The molecule has 0 heterocycles. The second-order valence-electron chi connectivity index (χ2n) is 1.59. The smallest absolute Gasteiger partial charge is 0.790 e. The Morgan fingerprint density at radius 3 is 1.31 bits per heavy atom. The number of aliphatic carboxylic acids is 2. The second kappa shape index (κ2) is 18.4. The number of carboxylic acid groups (broad SMARTS) is 2. The van der Waals surface area contributed by atoms with Crippen LogP contribution in [0.15, 0.2) is 0 Å². The first-order valence-corrected chi connectivity index (χ1v) is 4.36. The molecule has 0 unspecified atom stereocenters. The fourth-order valence-corrected chi connectivity index (χ4v) is 0. The van der Waals surface area contributed by atoms with Gasteiger partial charge in [-0.1, -0.05) is 0 Å². The van der Waals surface area contributed by atoms with Crippen molar-refractivity contribution < 1.29 is 98.2 Å². The van der Waals surface area contributed by atoms with Gasteiger partial charge in [0.1, 0.15) is 0 Å². The van der Waals surface area contributed by atoms with Crippen molar-refractivity contribution in [1.29, 1.82) is 0 Å². The Morgan fingerprint density at radius 1 is 1.25 bits per heavy atom. The molecule has 0 saturated heterocycles. The van der Waals surface area contributed by atoms with Crippen LogP contribution in [0.2, 0.25) is 0 Å². The topological polar surface area (TPSA) is 184 Å². The number of phosphoric acid groups is 1. The van der Waals surface area contributed by atoms with E-state index >= 15 is 0 Å². The van der Waals surface area contributed by atoms with Gasteiger partial charge in [0, 0.05) is 6.92 Å². The maximum Gasteiger partial charge on any atom is 1.00 e. The van der Waals surface area contributed by atoms with E-state index in [2.05, 4.69) is 5.73 Å². The quantitative estimate of drug-likeness (QED) is 0.267. The summed E-state index contributed by atoms with van der Waals surface area (Å²) in [6.07, 6.45) is 0. The predicted molar refractivity (Wildman–Crippen MR) is 39.8 cm³/mol. The van der Waals surface area contributed by atoms with Crippen molar-refractivity contribution in [2.45, 2.75) is 6.92 Å². The summed E-state index contributed by atoms with van der Waals surface area (Å²) in [6, 6.07) is 0. The third-order valence-corrected chi connectivity index (χ3v) is 0.175. The van der Waals surface area contributed by atoms with Crippen LogP contribution in [0.3, 0.4) is 0 Å². The average Bonchev–Trinajstić information content (AvgIpc) is 1.82. The van der Waals surface area contributed by atoms with Crippen molar-refractivity contribution in [3.63, 3.8) is 0 Å². The van der Waals surface area contributed by atoms with Crippen LogP contribution in [0.4, 0.5) is 0 Å². The van der Waals surface area contributed by atoms with Crippen molar-refractivity contribution in [3.8, 4) is 0 Å². The van der Waals surface area contributed by atoms with E-state index in [0.717, 1.165) is 6.92 Å².